The molecule has 0 aliphatic carbocycles. The van der Waals surface area contributed by atoms with Crippen molar-refractivity contribution in [3.8, 4) is 0 Å². The summed E-state index contributed by atoms with van der Waals surface area (Å²) in [5.74, 6) is 0. The van der Waals surface area contributed by atoms with Gasteiger partial charge in [0.25, 0.3) is 0 Å². The molecule has 1 aromatic carbocycles. The van der Waals surface area contributed by atoms with E-state index in [9.17, 15) is 9.81 Å². The van der Waals surface area contributed by atoms with Gasteiger partial charge in [0.1, 0.15) is 0 Å². The summed E-state index contributed by atoms with van der Waals surface area (Å²) in [4.78, 5) is 19.6. The molecular weight excluding hydrogens is 160 g/mol. The zero-order chi connectivity index (χ0) is 8.81. The van der Waals surface area contributed by atoms with E-state index in [1.54, 1.807) is 18.2 Å². The fraction of sp³-hybridized carbons (Fsp3) is 0. The van der Waals surface area contributed by atoms with Crippen molar-refractivity contribution in [1.82, 2.24) is 0 Å². The molecule has 1 rings (SSSR count). The predicted molar refractivity (Wildman–Crippen MR) is 45.3 cm³/mol. The van der Waals surface area contributed by atoms with Gasteiger partial charge in [0.15, 0.2) is 0 Å². The van der Waals surface area contributed by atoms with Crippen molar-refractivity contribution in [2.24, 2.45) is 10.6 Å². The first-order valence-electron chi connectivity index (χ1n) is 3.13. The summed E-state index contributed by atoms with van der Waals surface area (Å²) in [7, 11) is 0. The molecular formula is C6H6N4O2. The maximum Gasteiger partial charge on any atom is 0.0615 e. The van der Waals surface area contributed by atoms with Gasteiger partial charge >= 0.3 is 0 Å². The van der Waals surface area contributed by atoms with E-state index in [-0.39, 0.29) is 0 Å². The van der Waals surface area contributed by atoms with E-state index >= 15 is 0 Å². The molecule has 0 bridgehead atoms. The molecule has 6 heteroatoms. The molecule has 0 aliphatic rings. The van der Waals surface area contributed by atoms with Crippen LogP contribution in [0.1, 0.15) is 0 Å². The lowest BCUT2D eigenvalue weighted by atomic mass is 10.3. The second-order valence-electron chi connectivity index (χ2n) is 1.99. The Bertz CT molecular complexity index is 263. The van der Waals surface area contributed by atoms with Crippen LogP contribution in [0.5, 0.6) is 0 Å². The number of nitrogens with one attached hydrogen (secondary N) is 2. The Morgan fingerprint density at radius 2 is 1.50 bits per heavy atom. The molecule has 0 unspecified atom stereocenters. The van der Waals surface area contributed by atoms with E-state index in [1.807, 2.05) is 0 Å². The van der Waals surface area contributed by atoms with E-state index in [4.69, 9.17) is 0 Å². The van der Waals surface area contributed by atoms with Gasteiger partial charge < -0.3 is 0 Å². The van der Waals surface area contributed by atoms with E-state index in [0.29, 0.717) is 11.4 Å². The van der Waals surface area contributed by atoms with Crippen LogP contribution in [0.3, 0.4) is 0 Å². The topological polar surface area (TPSA) is 82.9 Å². The molecule has 1 aromatic rings. The van der Waals surface area contributed by atoms with Crippen LogP contribution in [0, 0.1) is 9.81 Å². The molecule has 6 nitrogen and oxygen atoms in total. The molecule has 0 saturated heterocycles. The lowest BCUT2D eigenvalue weighted by molar-refractivity contribution is 1.29. The summed E-state index contributed by atoms with van der Waals surface area (Å²) >= 11 is 0. The number of benzene rings is 1. The van der Waals surface area contributed by atoms with Crippen molar-refractivity contribution >= 4 is 11.4 Å². The highest BCUT2D eigenvalue weighted by atomic mass is 16.3. The summed E-state index contributed by atoms with van der Waals surface area (Å²) in [5, 5.41) is 4.94. The maximum absolute atomic E-state index is 9.78. The number of anilines is 2. The molecule has 0 aliphatic heterocycles. The molecule has 0 heterocycles. The summed E-state index contributed by atoms with van der Waals surface area (Å²) in [6.45, 7) is 0. The van der Waals surface area contributed by atoms with Crippen LogP contribution in [-0.2, 0) is 0 Å². The number of hydrogen-bond acceptors (Lipinski definition) is 4. The minimum Gasteiger partial charge on any atom is -0.242 e. The molecule has 0 spiro atoms. The van der Waals surface area contributed by atoms with Crippen molar-refractivity contribution in [2.75, 3.05) is 10.9 Å². The minimum atomic E-state index is 0.499. The largest absolute Gasteiger partial charge is 0.242 e. The Kier molecular flexibility index (Phi) is 2.72. The second kappa shape index (κ2) is 4.02. The van der Waals surface area contributed by atoms with Gasteiger partial charge in [-0.3, -0.25) is 0 Å². The molecule has 2 N–H and O–H groups in total. The monoisotopic (exact) mass is 166 g/mol. The average molecular weight is 166 g/mol. The van der Waals surface area contributed by atoms with Crippen molar-refractivity contribution < 1.29 is 0 Å². The van der Waals surface area contributed by atoms with Gasteiger partial charge in [0.2, 0.25) is 0 Å². The van der Waals surface area contributed by atoms with Gasteiger partial charge in [-0.15, -0.1) is 9.81 Å². The van der Waals surface area contributed by atoms with Crippen molar-refractivity contribution in [1.29, 1.82) is 0 Å². The summed E-state index contributed by atoms with van der Waals surface area (Å²) in [6.07, 6.45) is 0. The molecule has 0 radical (unpaired) electrons. The van der Waals surface area contributed by atoms with Crippen LogP contribution < -0.4 is 10.9 Å². The molecule has 12 heavy (non-hydrogen) atoms. The first kappa shape index (κ1) is 8.12. The highest BCUT2D eigenvalue weighted by Crippen LogP contribution is 2.14. The van der Waals surface area contributed by atoms with Gasteiger partial charge in [-0.1, -0.05) is 6.07 Å². The van der Waals surface area contributed by atoms with Gasteiger partial charge in [-0.2, -0.15) is 0 Å². The molecule has 62 valence electrons. The minimum absolute atomic E-state index is 0.499. The van der Waals surface area contributed by atoms with E-state index in [2.05, 4.69) is 21.4 Å². The van der Waals surface area contributed by atoms with Crippen LogP contribution in [0.4, 0.5) is 11.4 Å². The lowest BCUT2D eigenvalue weighted by Gasteiger charge is -1.99. The zero-order valence-electron chi connectivity index (χ0n) is 6.02. The zero-order valence-corrected chi connectivity index (χ0v) is 6.02. The first-order valence-corrected chi connectivity index (χ1v) is 3.13. The third-order valence-electron chi connectivity index (χ3n) is 1.21. The highest BCUT2D eigenvalue weighted by molar-refractivity contribution is 5.55. The number of nitrogens with zero attached hydrogens (tertiary/aromatic N) is 2. The van der Waals surface area contributed by atoms with Crippen molar-refractivity contribution in [3.05, 3.63) is 34.1 Å². The Morgan fingerprint density at radius 1 is 1.00 bits per heavy atom. The Balaban J connectivity index is 2.79. The average Bonchev–Trinajstić information content (AvgIpc) is 2.06. The van der Waals surface area contributed by atoms with Gasteiger partial charge in [0.05, 0.1) is 21.9 Å². The summed E-state index contributed by atoms with van der Waals surface area (Å²) in [6, 6.07) is 6.46. The van der Waals surface area contributed by atoms with Crippen LogP contribution in [0.25, 0.3) is 0 Å². The smallest absolute Gasteiger partial charge is 0.0615 e. The summed E-state index contributed by atoms with van der Waals surface area (Å²) in [5.41, 5.74) is 5.38. The maximum atomic E-state index is 9.78. The Hall–Kier alpha value is -1.98. The van der Waals surface area contributed by atoms with Crippen LogP contribution >= 0.6 is 0 Å². The third-order valence-corrected chi connectivity index (χ3v) is 1.21. The normalized spacial score (nSPS) is 8.67. The molecule has 0 saturated carbocycles. The van der Waals surface area contributed by atoms with E-state index in [1.165, 1.54) is 6.07 Å². The molecule has 0 fully saturated rings. The van der Waals surface area contributed by atoms with E-state index < -0.39 is 0 Å². The van der Waals surface area contributed by atoms with Crippen LogP contribution in [0.2, 0.25) is 0 Å². The van der Waals surface area contributed by atoms with Crippen molar-refractivity contribution in [2.45, 2.75) is 0 Å². The van der Waals surface area contributed by atoms with Crippen LogP contribution in [-0.4, -0.2) is 0 Å². The highest BCUT2D eigenvalue weighted by Gasteiger charge is 1.93. The van der Waals surface area contributed by atoms with Crippen LogP contribution in [0.15, 0.2) is 34.8 Å². The fourth-order valence-electron chi connectivity index (χ4n) is 0.764. The number of hydrogen-bond donors (Lipinski definition) is 2. The molecule has 0 atom stereocenters. The lowest BCUT2D eigenvalue weighted by Crippen LogP contribution is -1.89. The Morgan fingerprint density at radius 3 is 1.92 bits per heavy atom. The standard InChI is InChI=1S/C6H6N4O2/c11-9-7-5-2-1-3-6(4-5)8-10-12/h1-4H,(H,7,11)(H,8,12). The van der Waals surface area contributed by atoms with E-state index in [0.717, 1.165) is 0 Å². The third kappa shape index (κ3) is 2.01. The Labute approximate surface area is 67.9 Å². The SMILES string of the molecule is O=NNc1cccc(NN=O)c1. The van der Waals surface area contributed by atoms with Gasteiger partial charge in [-0.25, -0.2) is 10.9 Å². The van der Waals surface area contributed by atoms with Crippen molar-refractivity contribution in [3.63, 3.8) is 0 Å². The predicted octanol–water partition coefficient (Wildman–Crippen LogP) is 1.87. The second-order valence-corrected chi connectivity index (χ2v) is 1.99. The summed E-state index contributed by atoms with van der Waals surface area (Å²) < 4.78 is 0. The van der Waals surface area contributed by atoms with Gasteiger partial charge in [0, 0.05) is 0 Å². The van der Waals surface area contributed by atoms with Gasteiger partial charge in [-0.05, 0) is 18.2 Å². The molecule has 0 amide bonds. The number of rotatable bonds is 4. The quantitative estimate of drug-likeness (QED) is 0.528. The first-order chi connectivity index (χ1) is 5.86. The molecule has 0 aromatic heterocycles. The fourth-order valence-corrected chi connectivity index (χ4v) is 0.764. The number of nitroso groups, excluding NO2 is 2.